The Hall–Kier alpha value is -2.73. The van der Waals surface area contributed by atoms with E-state index >= 15 is 0 Å². The summed E-state index contributed by atoms with van der Waals surface area (Å²) in [5.41, 5.74) is 2.93. The van der Waals surface area contributed by atoms with Crippen molar-refractivity contribution in [3.8, 4) is 0 Å². The number of hydrogen-bond acceptors (Lipinski definition) is 3. The van der Waals surface area contributed by atoms with Crippen molar-refractivity contribution < 1.29 is 14.0 Å². The summed E-state index contributed by atoms with van der Waals surface area (Å²) < 4.78 is 13.0. The lowest BCUT2D eigenvalue weighted by molar-refractivity contribution is -0.136. The monoisotopic (exact) mass is 411 g/mol. The van der Waals surface area contributed by atoms with Gasteiger partial charge in [0.2, 0.25) is 11.8 Å². The molecule has 0 aromatic heterocycles. The predicted octanol–water partition coefficient (Wildman–Crippen LogP) is 3.83. The normalized spacial score (nSPS) is 16.1. The molecule has 1 N–H and O–H groups in total. The molecule has 30 heavy (non-hydrogen) atoms. The number of likely N-dealkylation sites (tertiary alicyclic amines) is 1. The Bertz CT molecular complexity index is 876. The summed E-state index contributed by atoms with van der Waals surface area (Å²) in [7, 11) is 1.84. The molecule has 2 amide bonds. The third kappa shape index (κ3) is 5.45. The van der Waals surface area contributed by atoms with E-state index in [9.17, 15) is 14.0 Å². The second-order valence-corrected chi connectivity index (χ2v) is 8.10. The number of amides is 2. The lowest BCUT2D eigenvalue weighted by Crippen LogP contribution is -2.49. The van der Waals surface area contributed by atoms with Crippen molar-refractivity contribution in [1.29, 1.82) is 0 Å². The number of carbonyl (C=O) groups is 2. The van der Waals surface area contributed by atoms with Crippen molar-refractivity contribution in [2.45, 2.75) is 39.3 Å². The topological polar surface area (TPSA) is 52.7 Å². The molecule has 0 aliphatic carbocycles. The van der Waals surface area contributed by atoms with Crippen molar-refractivity contribution >= 4 is 17.5 Å². The third-order valence-corrected chi connectivity index (χ3v) is 5.96. The molecule has 0 radical (unpaired) electrons. The Morgan fingerprint density at radius 3 is 2.40 bits per heavy atom. The zero-order valence-corrected chi connectivity index (χ0v) is 17.9. The molecule has 1 aliphatic rings. The molecule has 1 unspecified atom stereocenters. The van der Waals surface area contributed by atoms with Crippen molar-refractivity contribution in [3.05, 3.63) is 65.5 Å². The van der Waals surface area contributed by atoms with Gasteiger partial charge in [-0.2, -0.15) is 0 Å². The van der Waals surface area contributed by atoms with Crippen LogP contribution in [0, 0.1) is 18.7 Å². The van der Waals surface area contributed by atoms with E-state index in [1.807, 2.05) is 26.1 Å². The van der Waals surface area contributed by atoms with Crippen molar-refractivity contribution in [1.82, 2.24) is 9.80 Å². The number of nitrogens with zero attached hydrogens (tertiary/aromatic N) is 2. The van der Waals surface area contributed by atoms with Crippen LogP contribution >= 0.6 is 0 Å². The molecule has 1 aliphatic heterocycles. The van der Waals surface area contributed by atoms with E-state index < -0.39 is 0 Å². The molecule has 6 heteroatoms. The van der Waals surface area contributed by atoms with Crippen LogP contribution in [-0.4, -0.2) is 47.8 Å². The zero-order valence-electron chi connectivity index (χ0n) is 17.9. The maximum absolute atomic E-state index is 13.0. The summed E-state index contributed by atoms with van der Waals surface area (Å²) in [6, 6.07) is 13.7. The van der Waals surface area contributed by atoms with Crippen LogP contribution in [-0.2, 0) is 16.1 Å². The van der Waals surface area contributed by atoms with Crippen molar-refractivity contribution in [3.63, 3.8) is 0 Å². The maximum atomic E-state index is 13.0. The maximum Gasteiger partial charge on any atom is 0.239 e. The van der Waals surface area contributed by atoms with Gasteiger partial charge in [0.1, 0.15) is 5.82 Å². The largest absolute Gasteiger partial charge is 0.340 e. The Morgan fingerprint density at radius 1 is 1.13 bits per heavy atom. The van der Waals surface area contributed by atoms with Crippen LogP contribution in [0.15, 0.2) is 48.5 Å². The highest BCUT2D eigenvalue weighted by Gasteiger charge is 2.31. The Balaban J connectivity index is 1.49. The second kappa shape index (κ2) is 9.85. The quantitative estimate of drug-likeness (QED) is 0.786. The SMILES string of the molecule is Cc1ccccc1CN(C)C(=O)C(C)N1CCC(C(=O)Nc2ccc(F)cc2)CC1. The van der Waals surface area contributed by atoms with Crippen LogP contribution < -0.4 is 5.32 Å². The van der Waals surface area contributed by atoms with Crippen LogP contribution in [0.4, 0.5) is 10.1 Å². The van der Waals surface area contributed by atoms with Gasteiger partial charge in [-0.25, -0.2) is 4.39 Å². The van der Waals surface area contributed by atoms with Crippen LogP contribution in [0.2, 0.25) is 0 Å². The number of aryl methyl sites for hydroxylation is 1. The number of rotatable bonds is 6. The van der Waals surface area contributed by atoms with Gasteiger partial charge in [0.15, 0.2) is 0 Å². The summed E-state index contributed by atoms with van der Waals surface area (Å²) in [6.45, 7) is 5.99. The Kier molecular flexibility index (Phi) is 7.21. The van der Waals surface area contributed by atoms with E-state index in [0.29, 0.717) is 38.2 Å². The smallest absolute Gasteiger partial charge is 0.239 e. The Labute approximate surface area is 177 Å². The van der Waals surface area contributed by atoms with E-state index in [0.717, 1.165) is 5.56 Å². The Morgan fingerprint density at radius 2 is 1.77 bits per heavy atom. The molecule has 1 fully saturated rings. The fourth-order valence-electron chi connectivity index (χ4n) is 3.92. The first kappa shape index (κ1) is 22.0. The van der Waals surface area contributed by atoms with Gasteiger partial charge in [-0.15, -0.1) is 0 Å². The number of benzene rings is 2. The highest BCUT2D eigenvalue weighted by atomic mass is 19.1. The van der Waals surface area contributed by atoms with Crippen LogP contribution in [0.1, 0.15) is 30.9 Å². The molecule has 5 nitrogen and oxygen atoms in total. The van der Waals surface area contributed by atoms with Crippen LogP contribution in [0.25, 0.3) is 0 Å². The number of carbonyl (C=O) groups excluding carboxylic acids is 2. The summed E-state index contributed by atoms with van der Waals surface area (Å²) >= 11 is 0. The molecule has 160 valence electrons. The molecule has 0 saturated carbocycles. The summed E-state index contributed by atoms with van der Waals surface area (Å²) in [6.07, 6.45) is 1.40. The first-order chi connectivity index (χ1) is 14.3. The van der Waals surface area contributed by atoms with E-state index in [2.05, 4.69) is 29.3 Å². The molecule has 2 aromatic rings. The summed E-state index contributed by atoms with van der Waals surface area (Å²) in [5, 5.41) is 2.86. The summed E-state index contributed by atoms with van der Waals surface area (Å²) in [5.74, 6) is -0.380. The van der Waals surface area contributed by atoms with Gasteiger partial charge in [0.05, 0.1) is 6.04 Å². The number of piperidine rings is 1. The van der Waals surface area contributed by atoms with Crippen LogP contribution in [0.5, 0.6) is 0 Å². The lowest BCUT2D eigenvalue weighted by Gasteiger charge is -2.36. The van der Waals surface area contributed by atoms with Gasteiger partial charge in [0, 0.05) is 25.2 Å². The number of likely N-dealkylation sites (N-methyl/N-ethyl adjacent to an activating group) is 1. The zero-order chi connectivity index (χ0) is 21.7. The number of hydrogen-bond donors (Lipinski definition) is 1. The molecule has 1 heterocycles. The highest BCUT2D eigenvalue weighted by molar-refractivity contribution is 5.92. The minimum Gasteiger partial charge on any atom is -0.340 e. The molecular formula is C24H30FN3O2. The van der Waals surface area contributed by atoms with E-state index in [1.54, 1.807) is 17.0 Å². The van der Waals surface area contributed by atoms with E-state index in [-0.39, 0.29) is 29.6 Å². The lowest BCUT2D eigenvalue weighted by atomic mass is 9.94. The molecule has 2 aromatic carbocycles. The van der Waals surface area contributed by atoms with Gasteiger partial charge in [-0.3, -0.25) is 14.5 Å². The minimum absolute atomic E-state index is 0.0445. The standard InChI is InChI=1S/C24H30FN3O2/c1-17-6-4-5-7-20(17)16-27(3)24(30)18(2)28-14-12-19(13-15-28)23(29)26-22-10-8-21(25)9-11-22/h4-11,18-19H,12-16H2,1-3H3,(H,26,29). The number of anilines is 1. The van der Waals surface area contributed by atoms with E-state index in [1.165, 1.54) is 17.7 Å². The second-order valence-electron chi connectivity index (χ2n) is 8.10. The van der Waals surface area contributed by atoms with Gasteiger partial charge >= 0.3 is 0 Å². The van der Waals surface area contributed by atoms with E-state index in [4.69, 9.17) is 0 Å². The average molecular weight is 412 g/mol. The summed E-state index contributed by atoms with van der Waals surface area (Å²) in [4.78, 5) is 29.4. The van der Waals surface area contributed by atoms with Gasteiger partial charge < -0.3 is 10.2 Å². The molecule has 1 saturated heterocycles. The van der Waals surface area contributed by atoms with Gasteiger partial charge in [-0.1, -0.05) is 24.3 Å². The molecule has 1 atom stereocenters. The number of nitrogens with one attached hydrogen (secondary N) is 1. The van der Waals surface area contributed by atoms with Crippen molar-refractivity contribution in [2.24, 2.45) is 5.92 Å². The number of halogens is 1. The molecule has 0 spiro atoms. The fourth-order valence-corrected chi connectivity index (χ4v) is 3.92. The molecule has 0 bridgehead atoms. The first-order valence-corrected chi connectivity index (χ1v) is 10.4. The minimum atomic E-state index is -0.327. The average Bonchev–Trinajstić information content (AvgIpc) is 2.76. The van der Waals surface area contributed by atoms with Crippen LogP contribution in [0.3, 0.4) is 0 Å². The van der Waals surface area contributed by atoms with Gasteiger partial charge in [0.25, 0.3) is 0 Å². The van der Waals surface area contributed by atoms with Gasteiger partial charge in [-0.05, 0) is 75.2 Å². The highest BCUT2D eigenvalue weighted by Crippen LogP contribution is 2.22. The fraction of sp³-hybridized carbons (Fsp3) is 0.417. The third-order valence-electron chi connectivity index (χ3n) is 5.96. The predicted molar refractivity (Wildman–Crippen MR) is 116 cm³/mol. The first-order valence-electron chi connectivity index (χ1n) is 10.4. The molecule has 3 rings (SSSR count). The molecular weight excluding hydrogens is 381 g/mol. The van der Waals surface area contributed by atoms with Crippen molar-refractivity contribution in [2.75, 3.05) is 25.5 Å².